The van der Waals surface area contributed by atoms with Crippen molar-refractivity contribution >= 4 is 27.3 Å². The fraction of sp³-hybridized carbons (Fsp3) is 0.567. The Kier molecular flexibility index (Phi) is 9.10. The first-order valence-electron chi connectivity index (χ1n) is 14.6. The van der Waals surface area contributed by atoms with Crippen molar-refractivity contribution in [2.24, 2.45) is 0 Å². The molecule has 0 bridgehead atoms. The van der Waals surface area contributed by atoms with Gasteiger partial charge in [-0.3, -0.25) is 4.79 Å². The first-order chi connectivity index (χ1) is 18.9. The topological polar surface area (TPSA) is 76.2 Å². The standard InChI is InChI=1S/C30H43N5O3S/c1-32-19-21-33(22-20-32)28-24-27(31-14-13-25-11-5-2-6-12-25)29(39(37,38)35-17-9-4-10-18-35)23-26(28)30(36)34-15-7-3-8-16-34/h2,5-6,11-12,23-24,31H,3-4,7-10,13-22H2,1H3. The largest absolute Gasteiger partial charge is 0.384 e. The second-order valence-corrected chi connectivity index (χ2v) is 13.0. The molecule has 0 radical (unpaired) electrons. The summed E-state index contributed by atoms with van der Waals surface area (Å²) in [4.78, 5) is 20.6. The summed E-state index contributed by atoms with van der Waals surface area (Å²) < 4.78 is 29.7. The Morgan fingerprint density at radius 2 is 1.46 bits per heavy atom. The molecule has 0 aliphatic carbocycles. The van der Waals surface area contributed by atoms with Crippen molar-refractivity contribution in [2.45, 2.75) is 49.8 Å². The molecule has 0 unspecified atom stereocenters. The average Bonchev–Trinajstić information content (AvgIpc) is 2.98. The predicted octanol–water partition coefficient (Wildman–Crippen LogP) is 3.89. The minimum absolute atomic E-state index is 0.0467. The molecule has 0 spiro atoms. The van der Waals surface area contributed by atoms with Gasteiger partial charge in [-0.1, -0.05) is 36.8 Å². The van der Waals surface area contributed by atoms with E-state index < -0.39 is 10.0 Å². The van der Waals surface area contributed by atoms with E-state index in [2.05, 4.69) is 34.3 Å². The zero-order chi connectivity index (χ0) is 27.2. The number of carbonyl (C=O) groups excluding carboxylic acids is 1. The van der Waals surface area contributed by atoms with Crippen LogP contribution in [-0.4, -0.2) is 94.4 Å². The van der Waals surface area contributed by atoms with E-state index in [-0.39, 0.29) is 10.8 Å². The van der Waals surface area contributed by atoms with Crippen molar-refractivity contribution in [1.82, 2.24) is 14.1 Å². The van der Waals surface area contributed by atoms with Gasteiger partial charge in [0.25, 0.3) is 5.91 Å². The van der Waals surface area contributed by atoms with Crippen LogP contribution in [0.3, 0.4) is 0 Å². The van der Waals surface area contributed by atoms with E-state index >= 15 is 0 Å². The van der Waals surface area contributed by atoms with Gasteiger partial charge in [-0.15, -0.1) is 0 Å². The van der Waals surface area contributed by atoms with Crippen LogP contribution >= 0.6 is 0 Å². The van der Waals surface area contributed by atoms with E-state index in [1.165, 1.54) is 5.56 Å². The van der Waals surface area contributed by atoms with Crippen LogP contribution in [0.1, 0.15) is 54.4 Å². The third kappa shape index (κ3) is 6.58. The molecule has 3 heterocycles. The second-order valence-electron chi connectivity index (χ2n) is 11.1. The number of piperazine rings is 1. The molecule has 0 aromatic heterocycles. The molecule has 8 nitrogen and oxygen atoms in total. The van der Waals surface area contributed by atoms with Gasteiger partial charge in [-0.05, 0) is 63.3 Å². The first kappa shape index (κ1) is 27.9. The van der Waals surface area contributed by atoms with Gasteiger partial charge >= 0.3 is 0 Å². The summed E-state index contributed by atoms with van der Waals surface area (Å²) in [5, 5.41) is 3.47. The van der Waals surface area contributed by atoms with Crippen LogP contribution < -0.4 is 10.2 Å². The summed E-state index contributed by atoms with van der Waals surface area (Å²) in [5.41, 5.74) is 3.16. The number of piperidine rings is 2. The molecule has 3 saturated heterocycles. The Morgan fingerprint density at radius 3 is 2.13 bits per heavy atom. The lowest BCUT2D eigenvalue weighted by molar-refractivity contribution is 0.0724. The maximum Gasteiger partial charge on any atom is 0.256 e. The highest BCUT2D eigenvalue weighted by Crippen LogP contribution is 2.35. The third-order valence-electron chi connectivity index (χ3n) is 8.32. The number of amides is 1. The zero-order valence-electron chi connectivity index (χ0n) is 23.3. The van der Waals surface area contributed by atoms with Crippen molar-refractivity contribution in [3.63, 3.8) is 0 Å². The van der Waals surface area contributed by atoms with E-state index in [4.69, 9.17) is 0 Å². The van der Waals surface area contributed by atoms with Crippen molar-refractivity contribution in [2.75, 3.05) is 76.2 Å². The summed E-state index contributed by atoms with van der Waals surface area (Å²) in [7, 11) is -1.64. The number of carbonyl (C=O) groups is 1. The van der Waals surface area contributed by atoms with Crippen molar-refractivity contribution in [1.29, 1.82) is 0 Å². The van der Waals surface area contributed by atoms with Gasteiger partial charge in [0.05, 0.1) is 16.9 Å². The molecule has 39 heavy (non-hydrogen) atoms. The Bertz CT molecular complexity index is 1220. The van der Waals surface area contributed by atoms with Gasteiger partial charge < -0.3 is 20.0 Å². The molecule has 5 rings (SSSR count). The summed E-state index contributed by atoms with van der Waals surface area (Å²) in [6.45, 7) is 6.54. The van der Waals surface area contributed by atoms with Crippen LogP contribution in [0.2, 0.25) is 0 Å². The minimum atomic E-state index is -3.76. The monoisotopic (exact) mass is 553 g/mol. The van der Waals surface area contributed by atoms with Gasteiger partial charge in [0.1, 0.15) is 4.90 Å². The lowest BCUT2D eigenvalue weighted by Gasteiger charge is -2.37. The highest BCUT2D eigenvalue weighted by molar-refractivity contribution is 7.89. The number of hydrogen-bond donors (Lipinski definition) is 1. The first-order valence-corrected chi connectivity index (χ1v) is 16.1. The van der Waals surface area contributed by atoms with E-state index in [0.717, 1.165) is 89.9 Å². The van der Waals surface area contributed by atoms with Crippen molar-refractivity contribution in [3.8, 4) is 0 Å². The zero-order valence-corrected chi connectivity index (χ0v) is 24.1. The molecule has 1 N–H and O–H groups in total. The van der Waals surface area contributed by atoms with E-state index in [9.17, 15) is 13.2 Å². The molecule has 0 saturated carbocycles. The second kappa shape index (κ2) is 12.7. The SMILES string of the molecule is CN1CCN(c2cc(NCCc3ccccc3)c(S(=O)(=O)N3CCCCC3)cc2C(=O)N2CCCCC2)CC1. The molecule has 9 heteroatoms. The van der Waals surface area contributed by atoms with Crippen LogP contribution in [-0.2, 0) is 16.4 Å². The third-order valence-corrected chi connectivity index (χ3v) is 10.3. The van der Waals surface area contributed by atoms with E-state index in [1.807, 2.05) is 29.2 Å². The summed E-state index contributed by atoms with van der Waals surface area (Å²) in [6.07, 6.45) is 6.69. The molecular weight excluding hydrogens is 510 g/mol. The van der Waals surface area contributed by atoms with Crippen molar-refractivity contribution in [3.05, 3.63) is 53.6 Å². The van der Waals surface area contributed by atoms with E-state index in [0.29, 0.717) is 30.9 Å². The van der Waals surface area contributed by atoms with E-state index in [1.54, 1.807) is 10.4 Å². The smallest absolute Gasteiger partial charge is 0.256 e. The number of likely N-dealkylation sites (tertiary alicyclic amines) is 1. The Balaban J connectivity index is 1.55. The molecule has 3 fully saturated rings. The summed E-state index contributed by atoms with van der Waals surface area (Å²) in [5.74, 6) is -0.0467. The van der Waals surface area contributed by atoms with Crippen LogP contribution in [0.15, 0.2) is 47.4 Å². The predicted molar refractivity (Wildman–Crippen MR) is 157 cm³/mol. The molecule has 2 aromatic rings. The number of likely N-dealkylation sites (N-methyl/N-ethyl adjacent to an activating group) is 1. The molecular formula is C30H43N5O3S. The number of rotatable bonds is 8. The number of benzene rings is 2. The number of sulfonamides is 1. The van der Waals surface area contributed by atoms with Gasteiger partial charge in [0, 0.05) is 58.9 Å². The molecule has 1 amide bonds. The van der Waals surface area contributed by atoms with Crippen LogP contribution in [0, 0.1) is 0 Å². The highest BCUT2D eigenvalue weighted by atomic mass is 32.2. The quantitative estimate of drug-likeness (QED) is 0.535. The average molecular weight is 554 g/mol. The summed E-state index contributed by atoms with van der Waals surface area (Å²) >= 11 is 0. The van der Waals surface area contributed by atoms with Gasteiger partial charge in [0.2, 0.25) is 10.0 Å². The Hall–Kier alpha value is -2.62. The maximum absolute atomic E-state index is 14.1. The van der Waals surface area contributed by atoms with Crippen LogP contribution in [0.25, 0.3) is 0 Å². The maximum atomic E-state index is 14.1. The fourth-order valence-corrected chi connectivity index (χ4v) is 7.59. The fourth-order valence-electron chi connectivity index (χ4n) is 5.90. The molecule has 3 aliphatic rings. The van der Waals surface area contributed by atoms with Crippen molar-refractivity contribution < 1.29 is 13.2 Å². The molecule has 2 aromatic carbocycles. The number of nitrogens with zero attached hydrogens (tertiary/aromatic N) is 4. The molecule has 212 valence electrons. The van der Waals surface area contributed by atoms with Gasteiger partial charge in [-0.25, -0.2) is 8.42 Å². The lowest BCUT2D eigenvalue weighted by atomic mass is 10.1. The Morgan fingerprint density at radius 1 is 0.821 bits per heavy atom. The minimum Gasteiger partial charge on any atom is -0.384 e. The number of anilines is 2. The van der Waals surface area contributed by atoms with Crippen LogP contribution in [0.5, 0.6) is 0 Å². The van der Waals surface area contributed by atoms with Crippen LogP contribution in [0.4, 0.5) is 11.4 Å². The lowest BCUT2D eigenvalue weighted by Crippen LogP contribution is -2.45. The Labute approximate surface area is 234 Å². The number of nitrogens with one attached hydrogen (secondary N) is 1. The summed E-state index contributed by atoms with van der Waals surface area (Å²) in [6, 6.07) is 13.9. The highest BCUT2D eigenvalue weighted by Gasteiger charge is 2.33. The van der Waals surface area contributed by atoms with Gasteiger partial charge in [-0.2, -0.15) is 4.31 Å². The normalized spacial score (nSPS) is 19.7. The molecule has 3 aliphatic heterocycles. The number of hydrogen-bond acceptors (Lipinski definition) is 6. The molecule has 0 atom stereocenters. The van der Waals surface area contributed by atoms with Gasteiger partial charge in [0.15, 0.2) is 0 Å².